The normalized spacial score (nSPS) is 23.7. The quantitative estimate of drug-likeness (QED) is 0.841. The van der Waals surface area contributed by atoms with Crippen LogP contribution in [0.1, 0.15) is 18.9 Å². The lowest BCUT2D eigenvalue weighted by Crippen LogP contribution is -2.31. The summed E-state index contributed by atoms with van der Waals surface area (Å²) in [5, 5.41) is 8.98. The Morgan fingerprint density at radius 2 is 2.12 bits per heavy atom. The van der Waals surface area contributed by atoms with E-state index in [0.29, 0.717) is 12.3 Å². The summed E-state index contributed by atoms with van der Waals surface area (Å²) in [6.45, 7) is 1.90. The van der Waals surface area contributed by atoms with E-state index in [-0.39, 0.29) is 6.04 Å². The fourth-order valence-corrected chi connectivity index (χ4v) is 1.69. The van der Waals surface area contributed by atoms with Crippen LogP contribution in [0.5, 0.6) is 0 Å². The summed E-state index contributed by atoms with van der Waals surface area (Å²) in [6.07, 6.45) is -0.187. The monoisotopic (exact) mass is 219 g/mol. The number of carboxylic acid groups (broad SMARTS) is 1. The van der Waals surface area contributed by atoms with E-state index >= 15 is 0 Å². The van der Waals surface area contributed by atoms with Gasteiger partial charge in [0.1, 0.15) is 6.04 Å². The van der Waals surface area contributed by atoms with Gasteiger partial charge in [0, 0.05) is 5.56 Å². The lowest BCUT2D eigenvalue weighted by Gasteiger charge is -2.10. The molecule has 2 unspecified atom stereocenters. The second-order valence-corrected chi connectivity index (χ2v) is 3.65. The SMILES string of the molecule is CCC1N=C(c2ccccc2)OC1C(=O)O. The molecule has 0 bridgehead atoms. The maximum atomic E-state index is 10.9. The molecule has 4 nitrogen and oxygen atoms in total. The van der Waals surface area contributed by atoms with Crippen molar-refractivity contribution in [3.05, 3.63) is 35.9 Å². The van der Waals surface area contributed by atoms with Crippen LogP contribution in [0.2, 0.25) is 0 Å². The second-order valence-electron chi connectivity index (χ2n) is 3.65. The first-order valence-electron chi connectivity index (χ1n) is 5.25. The van der Waals surface area contributed by atoms with Gasteiger partial charge in [0.25, 0.3) is 0 Å². The van der Waals surface area contributed by atoms with Gasteiger partial charge in [0.2, 0.25) is 12.0 Å². The Morgan fingerprint density at radius 1 is 1.44 bits per heavy atom. The summed E-state index contributed by atoms with van der Waals surface area (Å²) in [6, 6.07) is 9.07. The third-order valence-corrected chi connectivity index (χ3v) is 2.55. The molecule has 2 atom stereocenters. The molecule has 0 saturated heterocycles. The molecule has 1 aromatic carbocycles. The Balaban J connectivity index is 2.23. The van der Waals surface area contributed by atoms with E-state index in [2.05, 4.69) is 4.99 Å². The number of benzene rings is 1. The van der Waals surface area contributed by atoms with Crippen LogP contribution in [-0.2, 0) is 9.53 Å². The molecule has 0 aromatic heterocycles. The first kappa shape index (κ1) is 10.7. The van der Waals surface area contributed by atoms with Crippen LogP contribution in [0.3, 0.4) is 0 Å². The smallest absolute Gasteiger partial charge is 0.347 e. The number of hydrogen-bond acceptors (Lipinski definition) is 3. The average molecular weight is 219 g/mol. The molecule has 1 N–H and O–H groups in total. The zero-order valence-corrected chi connectivity index (χ0v) is 8.96. The lowest BCUT2D eigenvalue weighted by atomic mass is 10.1. The van der Waals surface area contributed by atoms with Gasteiger partial charge in [-0.05, 0) is 18.6 Å². The number of ether oxygens (including phenoxy) is 1. The number of nitrogens with zero attached hydrogens (tertiary/aromatic N) is 1. The van der Waals surface area contributed by atoms with E-state index in [0.717, 1.165) is 5.56 Å². The molecule has 4 heteroatoms. The number of aliphatic carboxylic acids is 1. The highest BCUT2D eigenvalue weighted by molar-refractivity contribution is 5.97. The van der Waals surface area contributed by atoms with Crippen molar-refractivity contribution in [1.29, 1.82) is 0 Å². The third-order valence-electron chi connectivity index (χ3n) is 2.55. The maximum Gasteiger partial charge on any atom is 0.347 e. The fraction of sp³-hybridized carbons (Fsp3) is 0.333. The molecular weight excluding hydrogens is 206 g/mol. The summed E-state index contributed by atoms with van der Waals surface area (Å²) in [5.74, 6) is -0.526. The van der Waals surface area contributed by atoms with E-state index in [9.17, 15) is 4.79 Å². The molecule has 2 rings (SSSR count). The van der Waals surface area contributed by atoms with Crippen LogP contribution < -0.4 is 0 Å². The third kappa shape index (κ3) is 1.91. The van der Waals surface area contributed by atoms with Crippen molar-refractivity contribution in [2.24, 2.45) is 4.99 Å². The summed E-state index contributed by atoms with van der Waals surface area (Å²) < 4.78 is 5.36. The molecule has 0 amide bonds. The van der Waals surface area contributed by atoms with Crippen molar-refractivity contribution in [3.8, 4) is 0 Å². The summed E-state index contributed by atoms with van der Waals surface area (Å²) >= 11 is 0. The van der Waals surface area contributed by atoms with Crippen molar-refractivity contribution < 1.29 is 14.6 Å². The van der Waals surface area contributed by atoms with E-state index in [4.69, 9.17) is 9.84 Å². The van der Waals surface area contributed by atoms with Gasteiger partial charge in [0.05, 0.1) is 0 Å². The molecule has 1 heterocycles. The average Bonchev–Trinajstić information content (AvgIpc) is 2.74. The highest BCUT2D eigenvalue weighted by Gasteiger charge is 2.35. The molecule has 0 aliphatic carbocycles. The van der Waals surface area contributed by atoms with Crippen molar-refractivity contribution in [3.63, 3.8) is 0 Å². The molecule has 0 saturated carbocycles. The topological polar surface area (TPSA) is 58.9 Å². The largest absolute Gasteiger partial charge is 0.478 e. The molecule has 0 spiro atoms. The zero-order valence-electron chi connectivity index (χ0n) is 8.96. The molecule has 0 fully saturated rings. The van der Waals surface area contributed by atoms with Crippen molar-refractivity contribution >= 4 is 11.9 Å². The van der Waals surface area contributed by atoms with E-state index in [1.165, 1.54) is 0 Å². The Hall–Kier alpha value is -1.84. The first-order chi connectivity index (χ1) is 7.72. The molecular formula is C12H13NO3. The Bertz CT molecular complexity index is 414. The van der Waals surface area contributed by atoms with Crippen LogP contribution in [0.25, 0.3) is 0 Å². The highest BCUT2D eigenvalue weighted by atomic mass is 16.5. The molecule has 1 aliphatic rings. The van der Waals surface area contributed by atoms with Crippen LogP contribution in [0.15, 0.2) is 35.3 Å². The minimum Gasteiger partial charge on any atom is -0.478 e. The maximum absolute atomic E-state index is 10.9. The Kier molecular flexibility index (Phi) is 2.90. The number of aliphatic imine (C=N–C) groups is 1. The van der Waals surface area contributed by atoms with Gasteiger partial charge in [-0.3, -0.25) is 0 Å². The second kappa shape index (κ2) is 4.35. The van der Waals surface area contributed by atoms with Gasteiger partial charge in [-0.1, -0.05) is 25.1 Å². The Labute approximate surface area is 93.6 Å². The Morgan fingerprint density at radius 3 is 2.62 bits per heavy atom. The van der Waals surface area contributed by atoms with Gasteiger partial charge in [0.15, 0.2) is 0 Å². The number of carbonyl (C=O) groups is 1. The fourth-order valence-electron chi connectivity index (χ4n) is 1.69. The predicted molar refractivity (Wildman–Crippen MR) is 59.6 cm³/mol. The number of rotatable bonds is 3. The lowest BCUT2D eigenvalue weighted by molar-refractivity contribution is -0.145. The van der Waals surface area contributed by atoms with E-state index in [1.807, 2.05) is 37.3 Å². The van der Waals surface area contributed by atoms with Crippen molar-refractivity contribution in [2.45, 2.75) is 25.5 Å². The van der Waals surface area contributed by atoms with E-state index in [1.54, 1.807) is 0 Å². The molecule has 0 radical (unpaired) electrons. The molecule has 1 aromatic rings. The van der Waals surface area contributed by atoms with Crippen molar-refractivity contribution in [2.75, 3.05) is 0 Å². The van der Waals surface area contributed by atoms with Crippen molar-refractivity contribution in [1.82, 2.24) is 0 Å². The highest BCUT2D eigenvalue weighted by Crippen LogP contribution is 2.20. The minimum absolute atomic E-state index is 0.285. The van der Waals surface area contributed by atoms with Crippen LogP contribution in [0, 0.1) is 0 Å². The predicted octanol–water partition coefficient (Wildman–Crippen LogP) is 1.70. The molecule has 1 aliphatic heterocycles. The zero-order chi connectivity index (χ0) is 11.5. The first-order valence-corrected chi connectivity index (χ1v) is 5.25. The van der Waals surface area contributed by atoms with Crippen LogP contribution in [-0.4, -0.2) is 29.1 Å². The van der Waals surface area contributed by atoms with Crippen LogP contribution in [0.4, 0.5) is 0 Å². The number of carboxylic acids is 1. The van der Waals surface area contributed by atoms with Crippen LogP contribution >= 0.6 is 0 Å². The number of hydrogen-bond donors (Lipinski definition) is 1. The summed E-state index contributed by atoms with van der Waals surface area (Å²) in [4.78, 5) is 15.2. The van der Waals surface area contributed by atoms with E-state index < -0.39 is 12.1 Å². The van der Waals surface area contributed by atoms with Gasteiger partial charge in [-0.15, -0.1) is 0 Å². The van der Waals surface area contributed by atoms with Gasteiger partial charge >= 0.3 is 5.97 Å². The summed E-state index contributed by atoms with van der Waals surface area (Å²) in [5.41, 5.74) is 0.824. The molecule has 84 valence electrons. The minimum atomic E-state index is -0.957. The summed E-state index contributed by atoms with van der Waals surface area (Å²) in [7, 11) is 0. The standard InChI is InChI=1S/C12H13NO3/c1-2-9-10(12(14)15)16-11(13-9)8-6-4-3-5-7-8/h3-7,9-10H,2H2,1H3,(H,14,15). The van der Waals surface area contributed by atoms with Gasteiger partial charge < -0.3 is 9.84 Å². The molecule has 16 heavy (non-hydrogen) atoms. The van der Waals surface area contributed by atoms with Gasteiger partial charge in [-0.25, -0.2) is 9.79 Å². The van der Waals surface area contributed by atoms with Gasteiger partial charge in [-0.2, -0.15) is 0 Å².